The van der Waals surface area contributed by atoms with E-state index in [-0.39, 0.29) is 11.7 Å². The zero-order valence-corrected chi connectivity index (χ0v) is 10.7. The predicted octanol–water partition coefficient (Wildman–Crippen LogP) is 1.85. The minimum absolute atomic E-state index is 0.0701. The number of ketones is 1. The van der Waals surface area contributed by atoms with Gasteiger partial charge in [-0.1, -0.05) is 0 Å². The molecule has 0 aromatic rings. The molecule has 1 aliphatic carbocycles. The number of hydrogen-bond acceptors (Lipinski definition) is 3. The van der Waals surface area contributed by atoms with Gasteiger partial charge in [-0.05, 0) is 33.6 Å². The fourth-order valence-electron chi connectivity index (χ4n) is 3.12. The lowest BCUT2D eigenvalue weighted by molar-refractivity contribution is -0.136. The molecule has 1 heterocycles. The fourth-order valence-corrected chi connectivity index (χ4v) is 3.12. The summed E-state index contributed by atoms with van der Waals surface area (Å²) < 4.78 is 5.87. The van der Waals surface area contributed by atoms with E-state index < -0.39 is 0 Å². The molecule has 0 amide bonds. The van der Waals surface area contributed by atoms with Gasteiger partial charge in [-0.3, -0.25) is 9.69 Å². The van der Waals surface area contributed by atoms with E-state index in [0.717, 1.165) is 38.9 Å². The third-order valence-electron chi connectivity index (χ3n) is 3.55. The summed E-state index contributed by atoms with van der Waals surface area (Å²) in [6.07, 6.45) is 3.26. The summed E-state index contributed by atoms with van der Waals surface area (Å²) in [5.74, 6) is 0.762. The van der Waals surface area contributed by atoms with E-state index >= 15 is 0 Å². The van der Waals surface area contributed by atoms with E-state index in [0.29, 0.717) is 11.7 Å². The van der Waals surface area contributed by atoms with Crippen molar-refractivity contribution in [2.24, 2.45) is 5.92 Å². The van der Waals surface area contributed by atoms with Crippen molar-refractivity contribution in [1.82, 2.24) is 4.90 Å². The first-order chi connectivity index (χ1) is 7.46. The molecule has 3 heteroatoms. The molecule has 1 saturated heterocycles. The van der Waals surface area contributed by atoms with Crippen LogP contribution in [0.3, 0.4) is 0 Å². The van der Waals surface area contributed by atoms with Gasteiger partial charge in [0.25, 0.3) is 0 Å². The van der Waals surface area contributed by atoms with E-state index in [9.17, 15) is 4.79 Å². The van der Waals surface area contributed by atoms with Gasteiger partial charge in [0, 0.05) is 32.0 Å². The first kappa shape index (κ1) is 12.1. The zero-order chi connectivity index (χ0) is 11.8. The molecule has 0 spiro atoms. The molecular weight excluding hydrogens is 202 g/mol. The summed E-state index contributed by atoms with van der Waals surface area (Å²) in [4.78, 5) is 14.0. The van der Waals surface area contributed by atoms with E-state index in [1.54, 1.807) is 0 Å². The van der Waals surface area contributed by atoms with Gasteiger partial charge in [0.15, 0.2) is 0 Å². The third kappa shape index (κ3) is 2.83. The van der Waals surface area contributed by atoms with E-state index in [4.69, 9.17) is 4.74 Å². The minimum atomic E-state index is -0.0701. The minimum Gasteiger partial charge on any atom is -0.370 e. The average Bonchev–Trinajstić information content (AvgIpc) is 2.48. The Bertz CT molecular complexity index is 275. The molecule has 0 aromatic carbocycles. The second-order valence-corrected chi connectivity index (χ2v) is 5.94. The number of morpholine rings is 1. The summed E-state index contributed by atoms with van der Waals surface area (Å²) in [6.45, 7) is 9.23. The number of rotatable bonds is 2. The third-order valence-corrected chi connectivity index (χ3v) is 3.55. The van der Waals surface area contributed by atoms with Gasteiger partial charge in [0.1, 0.15) is 5.78 Å². The lowest BCUT2D eigenvalue weighted by Crippen LogP contribution is -2.53. The first-order valence-electron chi connectivity index (χ1n) is 6.39. The number of ether oxygens (including phenoxy) is 1. The highest BCUT2D eigenvalue weighted by molar-refractivity contribution is 5.83. The van der Waals surface area contributed by atoms with Crippen molar-refractivity contribution in [2.45, 2.75) is 51.7 Å². The molecular formula is C13H23NO2. The standard InChI is InChI=1S/C13H23NO2/c1-10-7-14(9-13(2,3)16-10)8-11-5-4-6-12(11)15/h10-11H,4-9H2,1-3H3. The van der Waals surface area contributed by atoms with Crippen molar-refractivity contribution in [1.29, 1.82) is 0 Å². The summed E-state index contributed by atoms with van der Waals surface area (Å²) in [5.41, 5.74) is -0.0701. The van der Waals surface area contributed by atoms with Gasteiger partial charge in [-0.25, -0.2) is 0 Å². The Morgan fingerprint density at radius 2 is 2.25 bits per heavy atom. The lowest BCUT2D eigenvalue weighted by atomic mass is 10.0. The smallest absolute Gasteiger partial charge is 0.137 e. The van der Waals surface area contributed by atoms with Gasteiger partial charge >= 0.3 is 0 Å². The van der Waals surface area contributed by atoms with Crippen LogP contribution < -0.4 is 0 Å². The van der Waals surface area contributed by atoms with Gasteiger partial charge in [0.05, 0.1) is 11.7 Å². The Morgan fingerprint density at radius 3 is 2.81 bits per heavy atom. The number of carbonyl (C=O) groups is 1. The van der Waals surface area contributed by atoms with Crippen LogP contribution >= 0.6 is 0 Å². The van der Waals surface area contributed by atoms with Gasteiger partial charge in [-0.2, -0.15) is 0 Å². The van der Waals surface area contributed by atoms with Crippen LogP contribution in [-0.2, 0) is 9.53 Å². The Labute approximate surface area is 98.1 Å². The summed E-state index contributed by atoms with van der Waals surface area (Å²) >= 11 is 0. The van der Waals surface area contributed by atoms with Crippen molar-refractivity contribution in [3.8, 4) is 0 Å². The molecule has 92 valence electrons. The van der Waals surface area contributed by atoms with Crippen LogP contribution in [0.15, 0.2) is 0 Å². The van der Waals surface area contributed by atoms with Crippen LogP contribution in [0.2, 0.25) is 0 Å². The molecule has 0 aromatic heterocycles. The molecule has 2 rings (SSSR count). The van der Waals surface area contributed by atoms with Crippen LogP contribution in [0, 0.1) is 5.92 Å². The van der Waals surface area contributed by atoms with Crippen molar-refractivity contribution in [2.75, 3.05) is 19.6 Å². The van der Waals surface area contributed by atoms with Crippen molar-refractivity contribution < 1.29 is 9.53 Å². The maximum absolute atomic E-state index is 11.6. The molecule has 1 saturated carbocycles. The normalized spacial score (nSPS) is 35.6. The lowest BCUT2D eigenvalue weighted by Gasteiger charge is -2.42. The first-order valence-corrected chi connectivity index (χ1v) is 6.39. The highest BCUT2D eigenvalue weighted by Crippen LogP contribution is 2.26. The maximum atomic E-state index is 11.6. The number of Topliss-reactive ketones (excluding diaryl/α,β-unsaturated/α-hetero) is 1. The zero-order valence-electron chi connectivity index (χ0n) is 10.7. The highest BCUT2D eigenvalue weighted by Gasteiger charge is 2.34. The van der Waals surface area contributed by atoms with Crippen molar-refractivity contribution >= 4 is 5.78 Å². The average molecular weight is 225 g/mol. The van der Waals surface area contributed by atoms with Crippen LogP contribution in [0.5, 0.6) is 0 Å². The van der Waals surface area contributed by atoms with E-state index in [2.05, 4.69) is 25.7 Å². The monoisotopic (exact) mass is 225 g/mol. The van der Waals surface area contributed by atoms with Gasteiger partial charge < -0.3 is 4.74 Å². The van der Waals surface area contributed by atoms with Crippen LogP contribution in [0.1, 0.15) is 40.0 Å². The SMILES string of the molecule is CC1CN(CC2CCCC2=O)CC(C)(C)O1. The molecule has 3 nitrogen and oxygen atoms in total. The summed E-state index contributed by atoms with van der Waals surface area (Å²) in [7, 11) is 0. The molecule has 0 radical (unpaired) electrons. The van der Waals surface area contributed by atoms with Crippen molar-refractivity contribution in [3.63, 3.8) is 0 Å². The number of nitrogens with zero attached hydrogens (tertiary/aromatic N) is 1. The molecule has 0 N–H and O–H groups in total. The molecule has 2 unspecified atom stereocenters. The van der Waals surface area contributed by atoms with Crippen molar-refractivity contribution in [3.05, 3.63) is 0 Å². The second kappa shape index (κ2) is 4.46. The second-order valence-electron chi connectivity index (χ2n) is 5.94. The Hall–Kier alpha value is -0.410. The van der Waals surface area contributed by atoms with E-state index in [1.165, 1.54) is 0 Å². The van der Waals surface area contributed by atoms with Gasteiger partial charge in [0.2, 0.25) is 0 Å². The molecule has 16 heavy (non-hydrogen) atoms. The van der Waals surface area contributed by atoms with Crippen LogP contribution in [-0.4, -0.2) is 42.0 Å². The summed E-state index contributed by atoms with van der Waals surface area (Å²) in [5, 5.41) is 0. The Balaban J connectivity index is 1.91. The Kier molecular flexibility index (Phi) is 3.36. The quantitative estimate of drug-likeness (QED) is 0.718. The fraction of sp³-hybridized carbons (Fsp3) is 0.923. The topological polar surface area (TPSA) is 29.5 Å². The predicted molar refractivity (Wildman–Crippen MR) is 63.4 cm³/mol. The number of carbonyl (C=O) groups excluding carboxylic acids is 1. The maximum Gasteiger partial charge on any atom is 0.137 e. The Morgan fingerprint density at radius 1 is 1.50 bits per heavy atom. The number of hydrogen-bond donors (Lipinski definition) is 0. The molecule has 0 bridgehead atoms. The molecule has 1 aliphatic heterocycles. The van der Waals surface area contributed by atoms with E-state index in [1.807, 2.05) is 0 Å². The van der Waals surface area contributed by atoms with Crippen LogP contribution in [0.4, 0.5) is 0 Å². The molecule has 2 aliphatic rings. The molecule has 2 atom stereocenters. The van der Waals surface area contributed by atoms with Gasteiger partial charge in [-0.15, -0.1) is 0 Å². The highest BCUT2D eigenvalue weighted by atomic mass is 16.5. The van der Waals surface area contributed by atoms with Crippen LogP contribution in [0.25, 0.3) is 0 Å². The largest absolute Gasteiger partial charge is 0.370 e. The summed E-state index contributed by atoms with van der Waals surface area (Å²) in [6, 6.07) is 0. The molecule has 2 fully saturated rings.